The van der Waals surface area contributed by atoms with E-state index in [0.29, 0.717) is 12.1 Å². The number of aryl methyl sites for hydroxylation is 2. The second kappa shape index (κ2) is 5.75. The first-order chi connectivity index (χ1) is 8.97. The maximum absolute atomic E-state index is 10.8. The van der Waals surface area contributed by atoms with Gasteiger partial charge in [-0.1, -0.05) is 6.07 Å². The predicted octanol–water partition coefficient (Wildman–Crippen LogP) is 4.44. The molecule has 0 radical (unpaired) electrons. The van der Waals surface area contributed by atoms with Crippen LogP contribution in [0.5, 0.6) is 0 Å². The Kier molecular flexibility index (Phi) is 4.27. The van der Waals surface area contributed by atoms with E-state index in [-0.39, 0.29) is 0 Å². The van der Waals surface area contributed by atoms with Crippen LogP contribution in [0.2, 0.25) is 0 Å². The number of thiophene rings is 1. The van der Waals surface area contributed by atoms with E-state index in [0.717, 1.165) is 15.0 Å². The summed E-state index contributed by atoms with van der Waals surface area (Å²) >= 11 is 5.00. The van der Waals surface area contributed by atoms with Crippen molar-refractivity contribution in [3.05, 3.63) is 49.6 Å². The summed E-state index contributed by atoms with van der Waals surface area (Å²) in [6.45, 7) is 4.73. The highest BCUT2D eigenvalue weighted by atomic mass is 79.9. The molecule has 100 valence electrons. The van der Waals surface area contributed by atoms with Crippen LogP contribution in [0, 0.1) is 13.8 Å². The summed E-state index contributed by atoms with van der Waals surface area (Å²) < 4.78 is 1.03. The number of halogens is 1. The average molecular weight is 340 g/mol. The van der Waals surface area contributed by atoms with Crippen molar-refractivity contribution in [3.63, 3.8) is 0 Å². The van der Waals surface area contributed by atoms with Crippen LogP contribution < -0.4 is 5.32 Å². The van der Waals surface area contributed by atoms with E-state index in [1.165, 1.54) is 22.5 Å². The van der Waals surface area contributed by atoms with Crippen LogP contribution in [0.4, 0.5) is 5.69 Å². The van der Waals surface area contributed by atoms with Crippen LogP contribution in [0.25, 0.3) is 0 Å². The summed E-state index contributed by atoms with van der Waals surface area (Å²) in [5.41, 5.74) is 3.78. The first-order valence-electron chi connectivity index (χ1n) is 5.78. The Morgan fingerprint density at radius 1 is 1.37 bits per heavy atom. The van der Waals surface area contributed by atoms with Crippen molar-refractivity contribution < 1.29 is 9.90 Å². The lowest BCUT2D eigenvalue weighted by atomic mass is 10.1. The molecule has 2 aromatic rings. The van der Waals surface area contributed by atoms with Gasteiger partial charge >= 0.3 is 5.97 Å². The van der Waals surface area contributed by atoms with Crippen molar-refractivity contribution in [3.8, 4) is 0 Å². The van der Waals surface area contributed by atoms with Crippen LogP contribution in [-0.2, 0) is 6.54 Å². The van der Waals surface area contributed by atoms with Crippen molar-refractivity contribution in [2.24, 2.45) is 0 Å². The van der Waals surface area contributed by atoms with E-state index in [9.17, 15) is 4.79 Å². The number of aromatic carboxylic acids is 1. The van der Waals surface area contributed by atoms with Crippen molar-refractivity contribution in [2.75, 3.05) is 5.32 Å². The van der Waals surface area contributed by atoms with Gasteiger partial charge in [-0.15, -0.1) is 11.3 Å². The average Bonchev–Trinajstić information content (AvgIpc) is 2.76. The van der Waals surface area contributed by atoms with E-state index >= 15 is 0 Å². The number of nitrogens with one attached hydrogen (secondary N) is 1. The zero-order valence-corrected chi connectivity index (χ0v) is 13.1. The monoisotopic (exact) mass is 339 g/mol. The molecule has 0 unspecified atom stereocenters. The molecule has 1 heterocycles. The van der Waals surface area contributed by atoms with Gasteiger partial charge in [0.05, 0.1) is 11.3 Å². The van der Waals surface area contributed by atoms with E-state index in [1.54, 1.807) is 11.4 Å². The highest BCUT2D eigenvalue weighted by molar-refractivity contribution is 9.10. The molecule has 2 N–H and O–H groups in total. The molecule has 0 bridgehead atoms. The zero-order chi connectivity index (χ0) is 14.0. The lowest BCUT2D eigenvalue weighted by Gasteiger charge is -2.12. The lowest BCUT2D eigenvalue weighted by molar-refractivity contribution is 0.0697. The molecule has 0 aliphatic heterocycles. The van der Waals surface area contributed by atoms with E-state index in [2.05, 4.69) is 47.2 Å². The molecule has 5 heteroatoms. The summed E-state index contributed by atoms with van der Waals surface area (Å²) in [4.78, 5) is 11.8. The second-order valence-electron chi connectivity index (χ2n) is 4.40. The number of anilines is 1. The molecule has 0 aliphatic carbocycles. The summed E-state index contributed by atoms with van der Waals surface area (Å²) in [5.74, 6) is -0.879. The van der Waals surface area contributed by atoms with Gasteiger partial charge in [-0.05, 0) is 53.0 Å². The fourth-order valence-electron chi connectivity index (χ4n) is 1.90. The molecule has 0 fully saturated rings. The van der Waals surface area contributed by atoms with Gasteiger partial charge in [0, 0.05) is 21.3 Å². The molecule has 0 aliphatic rings. The van der Waals surface area contributed by atoms with Crippen molar-refractivity contribution in [2.45, 2.75) is 20.4 Å². The topological polar surface area (TPSA) is 49.3 Å². The van der Waals surface area contributed by atoms with E-state index < -0.39 is 5.97 Å². The Bertz CT molecular complexity index is 599. The molecule has 0 atom stereocenters. The van der Waals surface area contributed by atoms with Crippen LogP contribution >= 0.6 is 27.3 Å². The summed E-state index contributed by atoms with van der Waals surface area (Å²) in [6.07, 6.45) is 0. The Morgan fingerprint density at radius 3 is 2.68 bits per heavy atom. The number of carboxylic acid groups (broad SMARTS) is 1. The Hall–Kier alpha value is -1.33. The normalized spacial score (nSPS) is 10.5. The largest absolute Gasteiger partial charge is 0.478 e. The smallest absolute Gasteiger partial charge is 0.336 e. The number of carbonyl (C=O) groups is 1. The molecule has 0 saturated carbocycles. The second-order valence-corrected chi connectivity index (χ2v) is 6.25. The number of carboxylic acids is 1. The molecule has 2 rings (SSSR count). The fourth-order valence-corrected chi connectivity index (χ4v) is 3.51. The summed E-state index contributed by atoms with van der Waals surface area (Å²) in [5, 5.41) is 13.9. The minimum atomic E-state index is -0.879. The maximum atomic E-state index is 10.8. The van der Waals surface area contributed by atoms with Gasteiger partial charge in [0.25, 0.3) is 0 Å². The summed E-state index contributed by atoms with van der Waals surface area (Å²) in [7, 11) is 0. The van der Waals surface area contributed by atoms with Crippen LogP contribution in [0.3, 0.4) is 0 Å². The molecule has 1 aromatic carbocycles. The third-order valence-electron chi connectivity index (χ3n) is 2.77. The van der Waals surface area contributed by atoms with E-state index in [1.807, 2.05) is 0 Å². The lowest BCUT2D eigenvalue weighted by Crippen LogP contribution is -2.01. The molecule has 0 amide bonds. The van der Waals surface area contributed by atoms with Gasteiger partial charge in [0.1, 0.15) is 0 Å². The highest BCUT2D eigenvalue weighted by Gasteiger charge is 2.08. The molecule has 19 heavy (non-hydrogen) atoms. The fraction of sp³-hybridized carbons (Fsp3) is 0.214. The third-order valence-corrected chi connectivity index (χ3v) is 4.33. The number of hydrogen-bond acceptors (Lipinski definition) is 3. The minimum Gasteiger partial charge on any atom is -0.478 e. The quantitative estimate of drug-likeness (QED) is 0.865. The van der Waals surface area contributed by atoms with Gasteiger partial charge in [-0.25, -0.2) is 4.79 Å². The van der Waals surface area contributed by atoms with Gasteiger partial charge < -0.3 is 10.4 Å². The van der Waals surface area contributed by atoms with Crippen molar-refractivity contribution in [1.82, 2.24) is 0 Å². The first-order valence-corrected chi connectivity index (χ1v) is 7.46. The predicted molar refractivity (Wildman–Crippen MR) is 82.2 cm³/mol. The van der Waals surface area contributed by atoms with Crippen molar-refractivity contribution >= 4 is 38.9 Å². The molecule has 3 nitrogen and oxygen atoms in total. The van der Waals surface area contributed by atoms with Gasteiger partial charge in [0.15, 0.2) is 0 Å². The van der Waals surface area contributed by atoms with Crippen LogP contribution in [0.1, 0.15) is 26.4 Å². The third kappa shape index (κ3) is 3.36. The first kappa shape index (κ1) is 14.1. The minimum absolute atomic E-state index is 0.349. The molecule has 1 aromatic heterocycles. The van der Waals surface area contributed by atoms with Gasteiger partial charge in [-0.2, -0.15) is 0 Å². The Morgan fingerprint density at radius 2 is 2.11 bits per heavy atom. The van der Waals surface area contributed by atoms with Crippen LogP contribution in [0.15, 0.2) is 28.1 Å². The molecule has 0 saturated heterocycles. The Labute approximate surface area is 124 Å². The summed E-state index contributed by atoms with van der Waals surface area (Å²) in [6, 6.07) is 5.88. The van der Waals surface area contributed by atoms with Gasteiger partial charge in [-0.3, -0.25) is 0 Å². The molecular weight excluding hydrogens is 326 g/mol. The number of hydrogen-bond donors (Lipinski definition) is 2. The Balaban J connectivity index is 2.12. The maximum Gasteiger partial charge on any atom is 0.336 e. The molecular formula is C14H14BrNO2S. The van der Waals surface area contributed by atoms with E-state index in [4.69, 9.17) is 5.11 Å². The standard InChI is InChI=1S/C14H14BrNO2S/c1-8-3-9(2)13(12(15)4-8)16-6-11-5-10(7-19-11)14(17)18/h3-5,7,16H,6H2,1-2H3,(H,17,18). The van der Waals surface area contributed by atoms with Crippen molar-refractivity contribution in [1.29, 1.82) is 0 Å². The molecule has 0 spiro atoms. The van der Waals surface area contributed by atoms with Gasteiger partial charge in [0.2, 0.25) is 0 Å². The zero-order valence-electron chi connectivity index (χ0n) is 10.7. The number of rotatable bonds is 4. The highest BCUT2D eigenvalue weighted by Crippen LogP contribution is 2.28. The SMILES string of the molecule is Cc1cc(C)c(NCc2cc(C(=O)O)cs2)c(Br)c1. The number of benzene rings is 1. The van der Waals surface area contributed by atoms with Crippen LogP contribution in [-0.4, -0.2) is 11.1 Å².